The topological polar surface area (TPSA) is 12.0 Å². The summed E-state index contributed by atoms with van der Waals surface area (Å²) in [6.07, 6.45) is 6.89. The molecule has 0 aliphatic heterocycles. The molecule has 0 bridgehead atoms. The molecule has 1 aliphatic rings. The highest BCUT2D eigenvalue weighted by molar-refractivity contribution is 5.15. The van der Waals surface area contributed by atoms with Crippen LogP contribution in [0.4, 0.5) is 4.39 Å². The molecule has 94 valence electrons. The molecule has 0 amide bonds. The molecule has 0 spiro atoms. The maximum atomic E-state index is 12.8. The quantitative estimate of drug-likeness (QED) is 0.835. The van der Waals surface area contributed by atoms with Crippen molar-refractivity contribution < 1.29 is 4.39 Å². The number of nitrogens with one attached hydrogen (secondary N) is 1. The first-order valence-corrected chi connectivity index (χ1v) is 6.73. The molecule has 0 radical (unpaired) electrons. The van der Waals surface area contributed by atoms with Gasteiger partial charge in [0.1, 0.15) is 5.82 Å². The number of halogens is 1. The lowest BCUT2D eigenvalue weighted by atomic mass is 9.84. The molecule has 1 aromatic carbocycles. The SMILES string of the molecule is C[C@H](NCc1ccc(F)cc1)C1CCCCC1. The average molecular weight is 235 g/mol. The van der Waals surface area contributed by atoms with Gasteiger partial charge in [-0.3, -0.25) is 0 Å². The molecular weight excluding hydrogens is 213 g/mol. The smallest absolute Gasteiger partial charge is 0.123 e. The van der Waals surface area contributed by atoms with E-state index in [0.29, 0.717) is 6.04 Å². The second-order valence-corrected chi connectivity index (χ2v) is 5.19. The fraction of sp³-hybridized carbons (Fsp3) is 0.600. The fourth-order valence-electron chi connectivity index (χ4n) is 2.68. The summed E-state index contributed by atoms with van der Waals surface area (Å²) in [6, 6.07) is 7.34. The highest BCUT2D eigenvalue weighted by atomic mass is 19.1. The van der Waals surface area contributed by atoms with Crippen LogP contribution in [0.5, 0.6) is 0 Å². The molecule has 0 aromatic heterocycles. The van der Waals surface area contributed by atoms with Gasteiger partial charge in [0.25, 0.3) is 0 Å². The monoisotopic (exact) mass is 235 g/mol. The van der Waals surface area contributed by atoms with E-state index in [4.69, 9.17) is 0 Å². The minimum absolute atomic E-state index is 0.158. The van der Waals surface area contributed by atoms with Crippen molar-refractivity contribution in [3.8, 4) is 0 Å². The Morgan fingerprint density at radius 3 is 2.47 bits per heavy atom. The van der Waals surface area contributed by atoms with E-state index in [1.54, 1.807) is 0 Å². The van der Waals surface area contributed by atoms with Crippen LogP contribution in [0.1, 0.15) is 44.6 Å². The van der Waals surface area contributed by atoms with Crippen molar-refractivity contribution in [2.24, 2.45) is 5.92 Å². The molecule has 2 heteroatoms. The van der Waals surface area contributed by atoms with Crippen LogP contribution >= 0.6 is 0 Å². The highest BCUT2D eigenvalue weighted by Crippen LogP contribution is 2.26. The van der Waals surface area contributed by atoms with Crippen molar-refractivity contribution in [3.05, 3.63) is 35.6 Å². The zero-order chi connectivity index (χ0) is 12.1. The molecular formula is C15H22FN. The summed E-state index contributed by atoms with van der Waals surface area (Å²) < 4.78 is 12.8. The summed E-state index contributed by atoms with van der Waals surface area (Å²) in [5, 5.41) is 3.57. The predicted octanol–water partition coefficient (Wildman–Crippen LogP) is 3.88. The molecule has 0 unspecified atom stereocenters. The molecule has 0 saturated heterocycles. The van der Waals surface area contributed by atoms with Gasteiger partial charge in [0.15, 0.2) is 0 Å². The lowest BCUT2D eigenvalue weighted by Crippen LogP contribution is -2.34. The van der Waals surface area contributed by atoms with Gasteiger partial charge in [0.05, 0.1) is 0 Å². The minimum Gasteiger partial charge on any atom is -0.310 e. The summed E-state index contributed by atoms with van der Waals surface area (Å²) in [6.45, 7) is 3.12. The summed E-state index contributed by atoms with van der Waals surface area (Å²) in [5.74, 6) is 0.665. The fourth-order valence-corrected chi connectivity index (χ4v) is 2.68. The molecule has 17 heavy (non-hydrogen) atoms. The van der Waals surface area contributed by atoms with E-state index in [9.17, 15) is 4.39 Å². The van der Waals surface area contributed by atoms with Gasteiger partial charge in [0.2, 0.25) is 0 Å². The van der Waals surface area contributed by atoms with Gasteiger partial charge < -0.3 is 5.32 Å². The first kappa shape index (κ1) is 12.6. The number of hydrogen-bond acceptors (Lipinski definition) is 1. The molecule has 1 aliphatic carbocycles. The van der Waals surface area contributed by atoms with Gasteiger partial charge in [-0.2, -0.15) is 0 Å². The Morgan fingerprint density at radius 1 is 1.18 bits per heavy atom. The van der Waals surface area contributed by atoms with E-state index in [0.717, 1.165) is 18.0 Å². The molecule has 1 fully saturated rings. The van der Waals surface area contributed by atoms with Crippen LogP contribution in [0.15, 0.2) is 24.3 Å². The van der Waals surface area contributed by atoms with E-state index in [-0.39, 0.29) is 5.82 Å². The van der Waals surface area contributed by atoms with Crippen molar-refractivity contribution in [2.45, 2.75) is 51.6 Å². The first-order chi connectivity index (χ1) is 8.25. The van der Waals surface area contributed by atoms with Crippen LogP contribution in [-0.2, 0) is 6.54 Å². The number of hydrogen-bond donors (Lipinski definition) is 1. The van der Waals surface area contributed by atoms with E-state index in [1.807, 2.05) is 12.1 Å². The third-order valence-corrected chi connectivity index (χ3v) is 3.90. The van der Waals surface area contributed by atoms with Crippen LogP contribution in [0, 0.1) is 11.7 Å². The molecule has 1 atom stereocenters. The van der Waals surface area contributed by atoms with Gasteiger partial charge >= 0.3 is 0 Å². The Kier molecular flexibility index (Phi) is 4.55. The van der Waals surface area contributed by atoms with Crippen molar-refractivity contribution in [2.75, 3.05) is 0 Å². The summed E-state index contributed by atoms with van der Waals surface area (Å²) in [4.78, 5) is 0. The van der Waals surface area contributed by atoms with Gasteiger partial charge in [-0.1, -0.05) is 31.4 Å². The predicted molar refractivity (Wildman–Crippen MR) is 69.3 cm³/mol. The van der Waals surface area contributed by atoms with E-state index in [1.165, 1.54) is 44.2 Å². The van der Waals surface area contributed by atoms with E-state index >= 15 is 0 Å². The van der Waals surface area contributed by atoms with Crippen LogP contribution < -0.4 is 5.32 Å². The van der Waals surface area contributed by atoms with Gasteiger partial charge in [0, 0.05) is 12.6 Å². The number of rotatable bonds is 4. The maximum absolute atomic E-state index is 12.8. The second kappa shape index (κ2) is 6.15. The van der Waals surface area contributed by atoms with Gasteiger partial charge in [-0.05, 0) is 43.4 Å². The average Bonchev–Trinajstić information content (AvgIpc) is 2.39. The molecule has 1 saturated carbocycles. The van der Waals surface area contributed by atoms with Crippen LogP contribution in [-0.4, -0.2) is 6.04 Å². The standard InChI is InChI=1S/C15H22FN/c1-12(14-5-3-2-4-6-14)17-11-13-7-9-15(16)10-8-13/h7-10,12,14,17H,2-6,11H2,1H3/t12-/m0/s1. The van der Waals surface area contributed by atoms with Gasteiger partial charge in [-0.25, -0.2) is 4.39 Å². The number of benzene rings is 1. The Hall–Kier alpha value is -0.890. The summed E-state index contributed by atoms with van der Waals surface area (Å²) >= 11 is 0. The van der Waals surface area contributed by atoms with E-state index < -0.39 is 0 Å². The third kappa shape index (κ3) is 3.81. The third-order valence-electron chi connectivity index (χ3n) is 3.90. The van der Waals surface area contributed by atoms with Crippen LogP contribution in [0.2, 0.25) is 0 Å². The lowest BCUT2D eigenvalue weighted by Gasteiger charge is -2.28. The zero-order valence-electron chi connectivity index (χ0n) is 10.6. The Balaban J connectivity index is 1.78. The zero-order valence-corrected chi connectivity index (χ0v) is 10.6. The molecule has 2 rings (SSSR count). The molecule has 1 nitrogen and oxygen atoms in total. The van der Waals surface area contributed by atoms with Crippen molar-refractivity contribution in [3.63, 3.8) is 0 Å². The molecule has 1 aromatic rings. The Morgan fingerprint density at radius 2 is 1.82 bits per heavy atom. The maximum Gasteiger partial charge on any atom is 0.123 e. The summed E-state index contributed by atoms with van der Waals surface area (Å²) in [7, 11) is 0. The highest BCUT2D eigenvalue weighted by Gasteiger charge is 2.19. The van der Waals surface area contributed by atoms with Crippen molar-refractivity contribution >= 4 is 0 Å². The molecule has 0 heterocycles. The Bertz CT molecular complexity index is 327. The first-order valence-electron chi connectivity index (χ1n) is 6.73. The van der Waals surface area contributed by atoms with Crippen LogP contribution in [0.3, 0.4) is 0 Å². The lowest BCUT2D eigenvalue weighted by molar-refractivity contribution is 0.280. The normalized spacial score (nSPS) is 19.2. The van der Waals surface area contributed by atoms with Gasteiger partial charge in [-0.15, -0.1) is 0 Å². The summed E-state index contributed by atoms with van der Waals surface area (Å²) in [5.41, 5.74) is 1.16. The van der Waals surface area contributed by atoms with Crippen molar-refractivity contribution in [1.82, 2.24) is 5.32 Å². The second-order valence-electron chi connectivity index (χ2n) is 5.19. The van der Waals surface area contributed by atoms with E-state index in [2.05, 4.69) is 12.2 Å². The largest absolute Gasteiger partial charge is 0.310 e. The molecule has 1 N–H and O–H groups in total. The Labute approximate surface area is 103 Å². The van der Waals surface area contributed by atoms with Crippen molar-refractivity contribution in [1.29, 1.82) is 0 Å². The minimum atomic E-state index is -0.158. The van der Waals surface area contributed by atoms with Crippen LogP contribution in [0.25, 0.3) is 0 Å².